The average Bonchev–Trinajstić information content (AvgIpc) is 2.29. The fraction of sp³-hybridized carbons (Fsp3) is 0.154. The molecule has 0 radical (unpaired) electrons. The summed E-state index contributed by atoms with van der Waals surface area (Å²) < 4.78 is 0. The van der Waals surface area contributed by atoms with Crippen molar-refractivity contribution >= 4 is 16.6 Å². The average molecular weight is 198 g/mol. The molecule has 2 rings (SSSR count). The molecule has 0 saturated heterocycles. The van der Waals surface area contributed by atoms with Crippen molar-refractivity contribution in [2.24, 2.45) is 0 Å². The molecular formula is C13H14N2. The second kappa shape index (κ2) is 4.13. The first-order chi connectivity index (χ1) is 7.31. The molecule has 0 aliphatic carbocycles. The Kier molecular flexibility index (Phi) is 2.68. The maximum absolute atomic E-state index is 4.31. The van der Waals surface area contributed by atoms with Crippen LogP contribution in [0.5, 0.6) is 0 Å². The molecule has 15 heavy (non-hydrogen) atoms. The fourth-order valence-electron chi connectivity index (χ4n) is 1.53. The van der Waals surface area contributed by atoms with E-state index in [1.807, 2.05) is 36.5 Å². The first kappa shape index (κ1) is 9.71. The monoisotopic (exact) mass is 198 g/mol. The van der Waals surface area contributed by atoms with Crippen molar-refractivity contribution in [1.29, 1.82) is 0 Å². The second-order valence-electron chi connectivity index (χ2n) is 3.54. The molecule has 76 valence electrons. The number of nitrogens with one attached hydrogen (secondary N) is 1. The van der Waals surface area contributed by atoms with Gasteiger partial charge in [0.15, 0.2) is 0 Å². The first-order valence-corrected chi connectivity index (χ1v) is 5.04. The molecule has 0 fully saturated rings. The van der Waals surface area contributed by atoms with Crippen LogP contribution in [-0.2, 0) is 0 Å². The third-order valence-corrected chi connectivity index (χ3v) is 2.39. The molecule has 2 aromatic rings. The second-order valence-corrected chi connectivity index (χ2v) is 3.54. The lowest BCUT2D eigenvalue weighted by molar-refractivity contribution is 1.00. The number of nitrogens with zero attached hydrogens (tertiary/aromatic N) is 1. The zero-order valence-corrected chi connectivity index (χ0v) is 8.77. The summed E-state index contributed by atoms with van der Waals surface area (Å²) in [6.45, 7) is 5.83. The van der Waals surface area contributed by atoms with Crippen LogP contribution >= 0.6 is 0 Å². The zero-order valence-electron chi connectivity index (χ0n) is 8.77. The number of hydrogen-bond acceptors (Lipinski definition) is 2. The number of hydrogen-bond donors (Lipinski definition) is 1. The van der Waals surface area contributed by atoms with Crippen LogP contribution in [0.25, 0.3) is 10.9 Å². The number of anilines is 1. The van der Waals surface area contributed by atoms with E-state index in [4.69, 9.17) is 0 Å². The van der Waals surface area contributed by atoms with Crippen molar-refractivity contribution in [2.75, 3.05) is 5.32 Å². The van der Waals surface area contributed by atoms with Crippen LogP contribution in [0.4, 0.5) is 5.69 Å². The third-order valence-electron chi connectivity index (χ3n) is 2.39. The van der Waals surface area contributed by atoms with Crippen LogP contribution in [0, 0.1) is 0 Å². The maximum Gasteiger partial charge on any atom is 0.0722 e. The lowest BCUT2D eigenvalue weighted by Gasteiger charge is -2.12. The molecule has 0 spiro atoms. The van der Waals surface area contributed by atoms with Crippen molar-refractivity contribution < 1.29 is 0 Å². The van der Waals surface area contributed by atoms with Gasteiger partial charge in [-0.1, -0.05) is 24.3 Å². The van der Waals surface area contributed by atoms with E-state index < -0.39 is 0 Å². The van der Waals surface area contributed by atoms with Gasteiger partial charge in [-0.15, -0.1) is 6.58 Å². The van der Waals surface area contributed by atoms with Gasteiger partial charge in [-0.2, -0.15) is 0 Å². The molecule has 1 aromatic carbocycles. The van der Waals surface area contributed by atoms with Gasteiger partial charge < -0.3 is 5.32 Å². The summed E-state index contributed by atoms with van der Waals surface area (Å²) >= 11 is 0. The Balaban J connectivity index is 2.46. The Hall–Kier alpha value is -1.83. The zero-order chi connectivity index (χ0) is 10.7. The Morgan fingerprint density at radius 2 is 2.13 bits per heavy atom. The number of para-hydroxylation sites is 1. The van der Waals surface area contributed by atoms with Crippen molar-refractivity contribution in [2.45, 2.75) is 13.0 Å². The molecular weight excluding hydrogens is 184 g/mol. The smallest absolute Gasteiger partial charge is 0.0722 e. The molecule has 0 aliphatic rings. The van der Waals surface area contributed by atoms with Crippen LogP contribution in [0.2, 0.25) is 0 Å². The van der Waals surface area contributed by atoms with Gasteiger partial charge in [0, 0.05) is 23.3 Å². The highest BCUT2D eigenvalue weighted by Gasteiger charge is 2.02. The van der Waals surface area contributed by atoms with Crippen molar-refractivity contribution in [3.63, 3.8) is 0 Å². The molecule has 0 aliphatic heterocycles. The molecule has 2 heteroatoms. The van der Waals surface area contributed by atoms with Crippen LogP contribution in [0.15, 0.2) is 49.2 Å². The molecule has 1 N–H and O–H groups in total. The van der Waals surface area contributed by atoms with E-state index >= 15 is 0 Å². The number of rotatable bonds is 3. The van der Waals surface area contributed by atoms with E-state index in [0.29, 0.717) is 0 Å². The Morgan fingerprint density at radius 3 is 2.93 bits per heavy atom. The summed E-state index contributed by atoms with van der Waals surface area (Å²) in [4.78, 5) is 4.31. The quantitative estimate of drug-likeness (QED) is 0.766. The normalized spacial score (nSPS) is 12.3. The summed E-state index contributed by atoms with van der Waals surface area (Å²) in [7, 11) is 0. The lowest BCUT2D eigenvalue weighted by atomic mass is 10.2. The minimum atomic E-state index is 0.260. The highest BCUT2D eigenvalue weighted by Crippen LogP contribution is 2.21. The minimum Gasteiger partial charge on any atom is -0.379 e. The molecule has 1 heterocycles. The van der Waals surface area contributed by atoms with E-state index in [1.54, 1.807) is 0 Å². The lowest BCUT2D eigenvalue weighted by Crippen LogP contribution is -2.11. The standard InChI is InChI=1S/C13H14N2/c1-3-10(2)15-13-8-9-14-12-7-5-4-6-11(12)13/h3-10H,1H2,2H3,(H,14,15). The molecule has 0 amide bonds. The van der Waals surface area contributed by atoms with E-state index in [-0.39, 0.29) is 6.04 Å². The van der Waals surface area contributed by atoms with E-state index in [1.165, 1.54) is 0 Å². The summed E-state index contributed by atoms with van der Waals surface area (Å²) in [6.07, 6.45) is 3.70. The predicted molar refractivity (Wildman–Crippen MR) is 65.0 cm³/mol. The van der Waals surface area contributed by atoms with Crippen LogP contribution < -0.4 is 5.32 Å². The molecule has 1 aromatic heterocycles. The summed E-state index contributed by atoms with van der Waals surface area (Å²) in [6, 6.07) is 10.3. The minimum absolute atomic E-state index is 0.260. The van der Waals surface area contributed by atoms with Gasteiger partial charge in [-0.05, 0) is 19.1 Å². The van der Waals surface area contributed by atoms with Gasteiger partial charge in [0.2, 0.25) is 0 Å². The largest absolute Gasteiger partial charge is 0.379 e. The summed E-state index contributed by atoms with van der Waals surface area (Å²) in [5.74, 6) is 0. The van der Waals surface area contributed by atoms with Gasteiger partial charge in [0.05, 0.1) is 5.52 Å². The number of fused-ring (bicyclic) bond motifs is 1. The maximum atomic E-state index is 4.31. The van der Waals surface area contributed by atoms with Crippen molar-refractivity contribution in [3.8, 4) is 0 Å². The van der Waals surface area contributed by atoms with E-state index in [2.05, 4.69) is 29.9 Å². The highest BCUT2D eigenvalue weighted by molar-refractivity contribution is 5.90. The Morgan fingerprint density at radius 1 is 1.33 bits per heavy atom. The number of benzene rings is 1. The fourth-order valence-corrected chi connectivity index (χ4v) is 1.53. The molecule has 0 bridgehead atoms. The molecule has 1 atom stereocenters. The van der Waals surface area contributed by atoms with Crippen molar-refractivity contribution in [1.82, 2.24) is 4.98 Å². The summed E-state index contributed by atoms with van der Waals surface area (Å²) in [5, 5.41) is 4.52. The first-order valence-electron chi connectivity index (χ1n) is 5.04. The Labute approximate surface area is 89.7 Å². The molecule has 1 unspecified atom stereocenters. The van der Waals surface area contributed by atoms with Gasteiger partial charge >= 0.3 is 0 Å². The SMILES string of the molecule is C=CC(C)Nc1ccnc2ccccc12. The third kappa shape index (κ3) is 1.99. The topological polar surface area (TPSA) is 24.9 Å². The van der Waals surface area contributed by atoms with Crippen LogP contribution in [-0.4, -0.2) is 11.0 Å². The van der Waals surface area contributed by atoms with E-state index in [0.717, 1.165) is 16.6 Å². The summed E-state index contributed by atoms with van der Waals surface area (Å²) in [5.41, 5.74) is 2.12. The molecule has 0 saturated carbocycles. The predicted octanol–water partition coefficient (Wildman–Crippen LogP) is 3.22. The number of pyridine rings is 1. The molecule has 2 nitrogen and oxygen atoms in total. The van der Waals surface area contributed by atoms with E-state index in [9.17, 15) is 0 Å². The number of aromatic nitrogens is 1. The van der Waals surface area contributed by atoms with Gasteiger partial charge in [-0.3, -0.25) is 4.98 Å². The van der Waals surface area contributed by atoms with Crippen molar-refractivity contribution in [3.05, 3.63) is 49.2 Å². The Bertz CT molecular complexity index is 471. The van der Waals surface area contributed by atoms with Gasteiger partial charge in [-0.25, -0.2) is 0 Å². The van der Waals surface area contributed by atoms with Gasteiger partial charge in [0.25, 0.3) is 0 Å². The highest BCUT2D eigenvalue weighted by atomic mass is 14.9. The van der Waals surface area contributed by atoms with Crippen LogP contribution in [0.3, 0.4) is 0 Å². The van der Waals surface area contributed by atoms with Crippen LogP contribution in [0.1, 0.15) is 6.92 Å². The van der Waals surface area contributed by atoms with Gasteiger partial charge in [0.1, 0.15) is 0 Å².